The number of anilines is 1. The van der Waals surface area contributed by atoms with Crippen LogP contribution in [0.5, 0.6) is 0 Å². The van der Waals surface area contributed by atoms with Gasteiger partial charge in [-0.05, 0) is 44.5 Å². The van der Waals surface area contributed by atoms with E-state index in [-0.39, 0.29) is 5.91 Å². The van der Waals surface area contributed by atoms with E-state index >= 15 is 0 Å². The van der Waals surface area contributed by atoms with Gasteiger partial charge in [-0.25, -0.2) is 4.98 Å². The molecule has 0 spiro atoms. The summed E-state index contributed by atoms with van der Waals surface area (Å²) in [5.74, 6) is 0.637. The van der Waals surface area contributed by atoms with E-state index in [9.17, 15) is 9.90 Å². The van der Waals surface area contributed by atoms with Crippen LogP contribution in [0.2, 0.25) is 0 Å². The van der Waals surface area contributed by atoms with Crippen molar-refractivity contribution in [2.45, 2.75) is 39.8 Å². The number of aromatic nitrogens is 6. The number of nitrogens with zero attached hydrogens (tertiary/aromatic N) is 6. The predicted molar refractivity (Wildman–Crippen MR) is 130 cm³/mol. The molecule has 2 N–H and O–H groups in total. The third-order valence-electron chi connectivity index (χ3n) is 5.53. The number of carbonyl (C=O) groups is 1. The van der Waals surface area contributed by atoms with Crippen LogP contribution in [-0.2, 0) is 6.54 Å². The number of amides is 1. The highest BCUT2D eigenvalue weighted by atomic mass is 16.5. The van der Waals surface area contributed by atoms with Gasteiger partial charge in [0, 0.05) is 41.7 Å². The molecular weight excluding hydrogens is 446 g/mol. The third-order valence-corrected chi connectivity index (χ3v) is 5.53. The van der Waals surface area contributed by atoms with Gasteiger partial charge in [0.1, 0.15) is 11.3 Å². The smallest absolute Gasteiger partial charge is 0.274 e. The summed E-state index contributed by atoms with van der Waals surface area (Å²) in [4.78, 5) is 21.9. The minimum Gasteiger partial charge on any atom is -0.389 e. The molecule has 4 heterocycles. The van der Waals surface area contributed by atoms with Crippen LogP contribution in [0.4, 0.5) is 5.69 Å². The number of hydrogen-bond donors (Lipinski definition) is 2. The molecule has 5 rings (SSSR count). The Kier molecular flexibility index (Phi) is 5.45. The zero-order valence-electron chi connectivity index (χ0n) is 19.9. The van der Waals surface area contributed by atoms with Gasteiger partial charge in [-0.2, -0.15) is 10.1 Å². The normalized spacial score (nSPS) is 11.8. The van der Waals surface area contributed by atoms with Gasteiger partial charge in [0.05, 0.1) is 24.5 Å². The van der Waals surface area contributed by atoms with Gasteiger partial charge >= 0.3 is 0 Å². The summed E-state index contributed by atoms with van der Waals surface area (Å²) >= 11 is 0. The number of aliphatic hydroxyl groups is 1. The zero-order chi connectivity index (χ0) is 24.7. The van der Waals surface area contributed by atoms with Crippen molar-refractivity contribution in [3.63, 3.8) is 0 Å². The van der Waals surface area contributed by atoms with Crippen LogP contribution in [0.3, 0.4) is 0 Å². The van der Waals surface area contributed by atoms with Crippen LogP contribution in [0.25, 0.3) is 28.2 Å². The lowest BCUT2D eigenvalue weighted by Crippen LogP contribution is -2.26. The maximum absolute atomic E-state index is 13.2. The first-order valence-electron chi connectivity index (χ1n) is 11.1. The van der Waals surface area contributed by atoms with E-state index in [1.165, 1.54) is 0 Å². The van der Waals surface area contributed by atoms with Crippen molar-refractivity contribution < 1.29 is 14.4 Å². The molecule has 0 atom stereocenters. The van der Waals surface area contributed by atoms with E-state index in [4.69, 9.17) is 4.52 Å². The molecule has 0 saturated heterocycles. The second-order valence-electron chi connectivity index (χ2n) is 9.15. The first kappa shape index (κ1) is 22.5. The van der Waals surface area contributed by atoms with Gasteiger partial charge in [0.25, 0.3) is 5.91 Å². The number of hydrogen-bond acceptors (Lipinski definition) is 7. The standard InChI is InChI=1S/C25H25N7O3/c1-15-5-6-17(23-28-16(2)35-30-23)9-20(15)29-24(33)21-11-26-22-8-7-18(13-32(21)22)19-10-27-31(12-19)14-25(3,4)34/h5-13,34H,14H2,1-4H3,(H,29,33). The lowest BCUT2D eigenvalue weighted by molar-refractivity contribution is 0.0577. The minimum atomic E-state index is -0.874. The SMILES string of the molecule is Cc1nc(-c2ccc(C)c(NC(=O)c3cnc4ccc(-c5cnn(CC(C)(C)O)c5)cn34)c2)no1. The minimum absolute atomic E-state index is 0.295. The number of benzene rings is 1. The molecule has 10 nitrogen and oxygen atoms in total. The Morgan fingerprint density at radius 2 is 1.89 bits per heavy atom. The van der Waals surface area contributed by atoms with Crippen LogP contribution >= 0.6 is 0 Å². The van der Waals surface area contributed by atoms with Crippen LogP contribution in [0.15, 0.2) is 59.6 Å². The van der Waals surface area contributed by atoms with E-state index < -0.39 is 5.60 Å². The molecule has 10 heteroatoms. The highest BCUT2D eigenvalue weighted by Gasteiger charge is 2.17. The van der Waals surface area contributed by atoms with E-state index in [1.54, 1.807) is 42.2 Å². The average molecular weight is 472 g/mol. The summed E-state index contributed by atoms with van der Waals surface area (Å²) in [6.45, 7) is 7.48. The first-order chi connectivity index (χ1) is 16.7. The zero-order valence-corrected chi connectivity index (χ0v) is 19.9. The number of fused-ring (bicyclic) bond motifs is 1. The van der Waals surface area contributed by atoms with Gasteiger partial charge in [0.2, 0.25) is 11.7 Å². The number of carbonyl (C=O) groups excluding carboxylic acids is 1. The number of pyridine rings is 1. The Hall–Kier alpha value is -4.31. The lowest BCUT2D eigenvalue weighted by atomic mass is 10.1. The Labute approximate surface area is 201 Å². The molecule has 0 aliphatic heterocycles. The predicted octanol–water partition coefficient (Wildman–Crippen LogP) is 3.89. The van der Waals surface area contributed by atoms with Crippen molar-refractivity contribution in [1.82, 2.24) is 29.3 Å². The molecule has 0 unspecified atom stereocenters. The monoisotopic (exact) mass is 471 g/mol. The molecule has 0 fully saturated rings. The maximum atomic E-state index is 13.2. The molecule has 0 aliphatic rings. The summed E-state index contributed by atoms with van der Waals surface area (Å²) in [7, 11) is 0. The number of imidazole rings is 1. The first-order valence-corrected chi connectivity index (χ1v) is 11.1. The molecule has 35 heavy (non-hydrogen) atoms. The van der Waals surface area contributed by atoms with Crippen molar-refractivity contribution in [2.75, 3.05) is 5.32 Å². The van der Waals surface area contributed by atoms with Crippen molar-refractivity contribution in [3.05, 3.63) is 72.3 Å². The molecule has 0 aliphatic carbocycles. The summed E-state index contributed by atoms with van der Waals surface area (Å²) in [5.41, 5.74) is 4.20. The number of rotatable bonds is 6. The molecule has 5 aromatic rings. The van der Waals surface area contributed by atoms with Gasteiger partial charge in [-0.3, -0.25) is 13.9 Å². The van der Waals surface area contributed by atoms with E-state index in [0.717, 1.165) is 22.3 Å². The molecule has 178 valence electrons. The third kappa shape index (κ3) is 4.69. The summed E-state index contributed by atoms with van der Waals surface area (Å²) in [5, 5.41) is 21.3. The average Bonchev–Trinajstić information content (AvgIpc) is 3.53. The van der Waals surface area contributed by atoms with Crippen LogP contribution in [0.1, 0.15) is 35.8 Å². The quantitative estimate of drug-likeness (QED) is 0.385. The Morgan fingerprint density at radius 3 is 2.63 bits per heavy atom. The van der Waals surface area contributed by atoms with Crippen LogP contribution in [-0.4, -0.2) is 45.9 Å². The van der Waals surface area contributed by atoms with Crippen LogP contribution < -0.4 is 5.32 Å². The highest BCUT2D eigenvalue weighted by Crippen LogP contribution is 2.25. The van der Waals surface area contributed by atoms with E-state index in [0.29, 0.717) is 35.3 Å². The van der Waals surface area contributed by atoms with Crippen molar-refractivity contribution >= 4 is 17.2 Å². The Bertz CT molecular complexity index is 1540. The van der Waals surface area contributed by atoms with Crippen molar-refractivity contribution in [3.8, 4) is 22.5 Å². The van der Waals surface area contributed by atoms with Gasteiger partial charge in [-0.1, -0.05) is 17.3 Å². The summed E-state index contributed by atoms with van der Waals surface area (Å²) in [6.07, 6.45) is 7.00. The van der Waals surface area contributed by atoms with Crippen molar-refractivity contribution in [2.24, 2.45) is 0 Å². The molecule has 4 aromatic heterocycles. The number of nitrogens with one attached hydrogen (secondary N) is 1. The van der Waals surface area contributed by atoms with Gasteiger partial charge in [-0.15, -0.1) is 0 Å². The van der Waals surface area contributed by atoms with Gasteiger partial charge in [0.15, 0.2) is 0 Å². The molecule has 1 amide bonds. The largest absolute Gasteiger partial charge is 0.389 e. The van der Waals surface area contributed by atoms with Crippen molar-refractivity contribution in [1.29, 1.82) is 0 Å². The summed E-state index contributed by atoms with van der Waals surface area (Å²) < 4.78 is 8.52. The molecule has 0 bridgehead atoms. The fourth-order valence-electron chi connectivity index (χ4n) is 3.81. The molecular formula is C25H25N7O3. The summed E-state index contributed by atoms with van der Waals surface area (Å²) in [6, 6.07) is 9.38. The fourth-order valence-corrected chi connectivity index (χ4v) is 3.81. The Balaban J connectivity index is 1.43. The number of aryl methyl sites for hydroxylation is 2. The van der Waals surface area contributed by atoms with E-state index in [1.807, 2.05) is 49.6 Å². The lowest BCUT2D eigenvalue weighted by Gasteiger charge is -2.16. The topological polar surface area (TPSA) is 123 Å². The fraction of sp³-hybridized carbons (Fsp3) is 0.240. The Morgan fingerprint density at radius 1 is 1.09 bits per heavy atom. The maximum Gasteiger partial charge on any atom is 0.274 e. The molecule has 0 saturated carbocycles. The van der Waals surface area contributed by atoms with E-state index in [2.05, 4.69) is 25.5 Å². The molecule has 1 aromatic carbocycles. The second-order valence-corrected chi connectivity index (χ2v) is 9.15. The molecule has 0 radical (unpaired) electrons. The highest BCUT2D eigenvalue weighted by molar-refractivity contribution is 6.04. The second kappa shape index (κ2) is 8.48. The van der Waals surface area contributed by atoms with Gasteiger partial charge < -0.3 is 14.9 Å². The van der Waals surface area contributed by atoms with Crippen LogP contribution in [0, 0.1) is 13.8 Å².